The highest BCUT2D eigenvalue weighted by Gasteiger charge is 2.38. The number of ether oxygens (including phenoxy) is 2. The SMILES string of the molecule is CCCOC1CCCN(CC(=O)C(C)(C)C(=O)OCC)C1. The van der Waals surface area contributed by atoms with Crippen LogP contribution in [0.3, 0.4) is 0 Å². The van der Waals surface area contributed by atoms with E-state index < -0.39 is 11.4 Å². The van der Waals surface area contributed by atoms with Gasteiger partial charge in [-0.15, -0.1) is 0 Å². The fourth-order valence-electron chi connectivity index (χ4n) is 2.40. The predicted octanol–water partition coefficient (Wildman–Crippen LogP) is 2.04. The minimum Gasteiger partial charge on any atom is -0.465 e. The third kappa shape index (κ3) is 5.40. The standard InChI is InChI=1S/C16H29NO4/c1-5-10-21-13-8-7-9-17(11-13)12-14(18)16(3,4)15(19)20-6-2/h13H,5-12H2,1-4H3. The van der Waals surface area contributed by atoms with Crippen LogP contribution in [0.2, 0.25) is 0 Å². The molecule has 1 atom stereocenters. The van der Waals surface area contributed by atoms with Crippen LogP contribution < -0.4 is 0 Å². The Morgan fingerprint density at radius 3 is 2.62 bits per heavy atom. The van der Waals surface area contributed by atoms with Crippen LogP contribution in [0.4, 0.5) is 0 Å². The highest BCUT2D eigenvalue weighted by molar-refractivity contribution is 6.03. The minimum atomic E-state index is -1.08. The molecule has 1 aliphatic heterocycles. The zero-order valence-corrected chi connectivity index (χ0v) is 13.8. The van der Waals surface area contributed by atoms with E-state index in [1.165, 1.54) is 0 Å². The second-order valence-electron chi connectivity index (χ2n) is 6.14. The molecular weight excluding hydrogens is 270 g/mol. The summed E-state index contributed by atoms with van der Waals surface area (Å²) in [5, 5.41) is 0. The normalized spacial score (nSPS) is 20.3. The molecule has 1 heterocycles. The first-order valence-corrected chi connectivity index (χ1v) is 7.96. The van der Waals surface area contributed by atoms with Crippen molar-refractivity contribution in [2.24, 2.45) is 5.41 Å². The Kier molecular flexibility index (Phi) is 7.32. The summed E-state index contributed by atoms with van der Waals surface area (Å²) in [5.41, 5.74) is -1.08. The molecule has 5 heteroatoms. The van der Waals surface area contributed by atoms with Crippen LogP contribution in [0.15, 0.2) is 0 Å². The molecule has 5 nitrogen and oxygen atoms in total. The molecule has 122 valence electrons. The first-order valence-electron chi connectivity index (χ1n) is 7.96. The molecule has 0 aromatic heterocycles. The lowest BCUT2D eigenvalue weighted by atomic mass is 9.87. The molecular formula is C16H29NO4. The third-order valence-corrected chi connectivity index (χ3v) is 3.87. The Hall–Kier alpha value is -0.940. The largest absolute Gasteiger partial charge is 0.465 e. The van der Waals surface area contributed by atoms with Crippen LogP contribution >= 0.6 is 0 Å². The van der Waals surface area contributed by atoms with Crippen molar-refractivity contribution in [2.45, 2.75) is 53.1 Å². The molecule has 0 bridgehead atoms. The fraction of sp³-hybridized carbons (Fsp3) is 0.875. The van der Waals surface area contributed by atoms with E-state index in [1.54, 1.807) is 20.8 Å². The molecule has 1 aliphatic rings. The van der Waals surface area contributed by atoms with E-state index in [4.69, 9.17) is 9.47 Å². The molecule has 1 saturated heterocycles. The first-order chi connectivity index (χ1) is 9.91. The van der Waals surface area contributed by atoms with Gasteiger partial charge in [0.15, 0.2) is 5.78 Å². The highest BCUT2D eigenvalue weighted by Crippen LogP contribution is 2.21. The van der Waals surface area contributed by atoms with Gasteiger partial charge in [0.25, 0.3) is 0 Å². The Labute approximate surface area is 128 Å². The Morgan fingerprint density at radius 1 is 1.29 bits per heavy atom. The van der Waals surface area contributed by atoms with Gasteiger partial charge in [-0.05, 0) is 46.6 Å². The monoisotopic (exact) mass is 299 g/mol. The number of hydrogen-bond acceptors (Lipinski definition) is 5. The Morgan fingerprint density at radius 2 is 2.00 bits per heavy atom. The quantitative estimate of drug-likeness (QED) is 0.507. The number of esters is 1. The molecule has 0 aromatic rings. The molecule has 0 spiro atoms. The molecule has 0 aromatic carbocycles. The summed E-state index contributed by atoms with van der Waals surface area (Å²) in [5.74, 6) is -0.525. The third-order valence-electron chi connectivity index (χ3n) is 3.87. The second kappa shape index (κ2) is 8.49. The number of nitrogens with zero attached hydrogens (tertiary/aromatic N) is 1. The van der Waals surface area contributed by atoms with E-state index in [0.29, 0.717) is 6.61 Å². The van der Waals surface area contributed by atoms with Crippen molar-refractivity contribution >= 4 is 11.8 Å². The number of hydrogen-bond donors (Lipinski definition) is 0. The Balaban J connectivity index is 2.51. The maximum atomic E-state index is 12.4. The summed E-state index contributed by atoms with van der Waals surface area (Å²) < 4.78 is 10.8. The van der Waals surface area contributed by atoms with Crippen molar-refractivity contribution in [3.05, 3.63) is 0 Å². The lowest BCUT2D eigenvalue weighted by Crippen LogP contribution is -2.47. The molecule has 1 fully saturated rings. The van der Waals surface area contributed by atoms with Gasteiger partial charge in [0.2, 0.25) is 0 Å². The molecule has 21 heavy (non-hydrogen) atoms. The fourth-order valence-corrected chi connectivity index (χ4v) is 2.40. The molecule has 1 unspecified atom stereocenters. The predicted molar refractivity (Wildman–Crippen MR) is 81.1 cm³/mol. The lowest BCUT2D eigenvalue weighted by Gasteiger charge is -2.33. The topological polar surface area (TPSA) is 55.8 Å². The van der Waals surface area contributed by atoms with Crippen molar-refractivity contribution in [3.63, 3.8) is 0 Å². The molecule has 0 aliphatic carbocycles. The van der Waals surface area contributed by atoms with Gasteiger partial charge in [-0.2, -0.15) is 0 Å². The van der Waals surface area contributed by atoms with Crippen molar-refractivity contribution in [1.82, 2.24) is 4.90 Å². The maximum absolute atomic E-state index is 12.4. The van der Waals surface area contributed by atoms with E-state index in [9.17, 15) is 9.59 Å². The van der Waals surface area contributed by atoms with Gasteiger partial charge in [-0.1, -0.05) is 6.92 Å². The number of Topliss-reactive ketones (excluding diaryl/α,β-unsaturated/α-hetero) is 1. The summed E-state index contributed by atoms with van der Waals surface area (Å²) in [7, 11) is 0. The van der Waals surface area contributed by atoms with Crippen LogP contribution in [-0.4, -0.2) is 55.6 Å². The number of likely N-dealkylation sites (tertiary alicyclic amines) is 1. The van der Waals surface area contributed by atoms with Crippen molar-refractivity contribution < 1.29 is 19.1 Å². The summed E-state index contributed by atoms with van der Waals surface area (Å²) in [6.45, 7) is 10.1. The van der Waals surface area contributed by atoms with Crippen molar-refractivity contribution in [3.8, 4) is 0 Å². The maximum Gasteiger partial charge on any atom is 0.319 e. The van der Waals surface area contributed by atoms with E-state index in [0.717, 1.165) is 39.0 Å². The van der Waals surface area contributed by atoms with Gasteiger partial charge >= 0.3 is 5.97 Å². The second-order valence-corrected chi connectivity index (χ2v) is 6.14. The lowest BCUT2D eigenvalue weighted by molar-refractivity contribution is -0.158. The summed E-state index contributed by atoms with van der Waals surface area (Å²) in [4.78, 5) is 26.3. The zero-order chi connectivity index (χ0) is 15.9. The number of piperidine rings is 1. The van der Waals surface area contributed by atoms with Crippen LogP contribution in [-0.2, 0) is 19.1 Å². The zero-order valence-electron chi connectivity index (χ0n) is 13.8. The average Bonchev–Trinajstić information content (AvgIpc) is 2.45. The molecule has 0 saturated carbocycles. The van der Waals surface area contributed by atoms with Gasteiger partial charge in [-0.25, -0.2) is 0 Å². The first kappa shape index (κ1) is 18.1. The van der Waals surface area contributed by atoms with Crippen LogP contribution in [0.25, 0.3) is 0 Å². The number of rotatable bonds is 8. The highest BCUT2D eigenvalue weighted by atomic mass is 16.5. The number of carbonyl (C=O) groups is 2. The van der Waals surface area contributed by atoms with Gasteiger partial charge in [0, 0.05) is 13.2 Å². The number of carbonyl (C=O) groups excluding carboxylic acids is 2. The van der Waals surface area contributed by atoms with Gasteiger partial charge in [-0.3, -0.25) is 14.5 Å². The Bertz CT molecular complexity index is 354. The van der Waals surface area contributed by atoms with Gasteiger partial charge in [0.05, 0.1) is 19.3 Å². The van der Waals surface area contributed by atoms with E-state index >= 15 is 0 Å². The molecule has 0 radical (unpaired) electrons. The van der Waals surface area contributed by atoms with E-state index in [-0.39, 0.29) is 18.4 Å². The summed E-state index contributed by atoms with van der Waals surface area (Å²) in [6.07, 6.45) is 3.29. The van der Waals surface area contributed by atoms with Crippen molar-refractivity contribution in [2.75, 3.05) is 32.8 Å². The molecule has 1 rings (SSSR count). The van der Waals surface area contributed by atoms with E-state index in [2.05, 4.69) is 11.8 Å². The smallest absolute Gasteiger partial charge is 0.319 e. The van der Waals surface area contributed by atoms with Crippen molar-refractivity contribution in [1.29, 1.82) is 0 Å². The van der Waals surface area contributed by atoms with Crippen LogP contribution in [0, 0.1) is 5.41 Å². The van der Waals surface area contributed by atoms with Crippen LogP contribution in [0.1, 0.15) is 47.0 Å². The van der Waals surface area contributed by atoms with Crippen LogP contribution in [0.5, 0.6) is 0 Å². The summed E-state index contributed by atoms with van der Waals surface area (Å²) in [6, 6.07) is 0. The van der Waals surface area contributed by atoms with E-state index in [1.807, 2.05) is 0 Å². The summed E-state index contributed by atoms with van der Waals surface area (Å²) >= 11 is 0. The minimum absolute atomic E-state index is 0.0860. The average molecular weight is 299 g/mol. The van der Waals surface area contributed by atoms with Gasteiger partial charge in [0.1, 0.15) is 5.41 Å². The molecule has 0 N–H and O–H groups in total. The molecule has 0 amide bonds. The van der Waals surface area contributed by atoms with Gasteiger partial charge < -0.3 is 9.47 Å². The number of ketones is 1.